The summed E-state index contributed by atoms with van der Waals surface area (Å²) in [5, 5.41) is 19.6. The van der Waals surface area contributed by atoms with E-state index in [0.717, 1.165) is 36.1 Å². The van der Waals surface area contributed by atoms with Gasteiger partial charge in [0.25, 0.3) is 0 Å². The fraction of sp³-hybridized carbons (Fsp3) is 0.467. The molecule has 0 amide bonds. The fourth-order valence-electron chi connectivity index (χ4n) is 3.62. The average Bonchev–Trinajstić information content (AvgIpc) is 2.90. The van der Waals surface area contributed by atoms with Crippen molar-refractivity contribution < 1.29 is 14.7 Å². The molecule has 3 rings (SSSR count). The molecule has 1 aromatic rings. The number of rotatable bonds is 3. The van der Waals surface area contributed by atoms with E-state index in [-0.39, 0.29) is 18.8 Å². The highest BCUT2D eigenvalue weighted by Crippen LogP contribution is 2.38. The summed E-state index contributed by atoms with van der Waals surface area (Å²) in [6.45, 7) is 2.96. The monoisotopic (exact) mass is 246 g/mol. The predicted molar refractivity (Wildman–Crippen MR) is 69.7 cm³/mol. The van der Waals surface area contributed by atoms with Gasteiger partial charge in [0.2, 0.25) is 0 Å². The van der Waals surface area contributed by atoms with Gasteiger partial charge < -0.3 is 14.7 Å². The molecule has 0 spiro atoms. The van der Waals surface area contributed by atoms with Crippen molar-refractivity contribution in [3.63, 3.8) is 0 Å². The molecule has 3 nitrogen and oxygen atoms in total. The number of aliphatic hydroxyl groups is 2. The first kappa shape index (κ1) is 11.9. The smallest absolute Gasteiger partial charge is 0.140 e. The van der Waals surface area contributed by atoms with Gasteiger partial charge in [0.15, 0.2) is 0 Å². The van der Waals surface area contributed by atoms with E-state index in [9.17, 15) is 10.2 Å². The molecular formula is C15H20NO2+. The summed E-state index contributed by atoms with van der Waals surface area (Å²) in [6, 6.07) is 10.5. The highest BCUT2D eigenvalue weighted by molar-refractivity contribution is 5.20. The summed E-state index contributed by atoms with van der Waals surface area (Å²) in [4.78, 5) is 0. The largest absolute Gasteiger partial charge is 0.392 e. The highest BCUT2D eigenvalue weighted by Gasteiger charge is 2.51. The van der Waals surface area contributed by atoms with E-state index in [1.807, 2.05) is 6.07 Å². The molecule has 2 aliphatic rings. The first-order valence-electron chi connectivity index (χ1n) is 6.63. The number of nitrogens with zero attached hydrogens (tertiary/aromatic N) is 1. The van der Waals surface area contributed by atoms with Crippen LogP contribution < -0.4 is 0 Å². The Morgan fingerprint density at radius 1 is 1.22 bits per heavy atom. The maximum atomic E-state index is 10.2. The second-order valence-corrected chi connectivity index (χ2v) is 5.51. The maximum Gasteiger partial charge on any atom is 0.140 e. The van der Waals surface area contributed by atoms with Gasteiger partial charge in [-0.25, -0.2) is 0 Å². The van der Waals surface area contributed by atoms with E-state index in [1.165, 1.54) is 5.56 Å². The normalized spacial score (nSPS) is 34.4. The van der Waals surface area contributed by atoms with Gasteiger partial charge in [-0.3, -0.25) is 0 Å². The molecule has 3 atom stereocenters. The summed E-state index contributed by atoms with van der Waals surface area (Å²) >= 11 is 0. The summed E-state index contributed by atoms with van der Waals surface area (Å²) < 4.78 is 0.890. The van der Waals surface area contributed by atoms with Crippen molar-refractivity contribution in [2.45, 2.75) is 25.1 Å². The van der Waals surface area contributed by atoms with E-state index in [2.05, 4.69) is 30.3 Å². The van der Waals surface area contributed by atoms with Crippen LogP contribution in [0.2, 0.25) is 0 Å². The van der Waals surface area contributed by atoms with Crippen LogP contribution >= 0.6 is 0 Å². The van der Waals surface area contributed by atoms with Gasteiger partial charge in [0.05, 0.1) is 19.7 Å². The average molecular weight is 246 g/mol. The Labute approximate surface area is 108 Å². The van der Waals surface area contributed by atoms with Gasteiger partial charge in [-0.15, -0.1) is 0 Å². The van der Waals surface area contributed by atoms with Crippen LogP contribution in [0.4, 0.5) is 0 Å². The Balaban J connectivity index is 1.87. The number of aliphatic hydroxyl groups excluding tert-OH is 2. The van der Waals surface area contributed by atoms with E-state index in [0.29, 0.717) is 0 Å². The minimum absolute atomic E-state index is 0.0799. The molecule has 1 aromatic carbocycles. The van der Waals surface area contributed by atoms with Gasteiger partial charge in [0, 0.05) is 17.6 Å². The first-order chi connectivity index (χ1) is 8.75. The molecule has 0 aromatic heterocycles. The number of quaternary nitrogens is 1. The summed E-state index contributed by atoms with van der Waals surface area (Å²) in [6.07, 6.45) is 2.67. The molecule has 0 saturated carbocycles. The Morgan fingerprint density at radius 2 is 2.00 bits per heavy atom. The molecular weight excluding hydrogens is 226 g/mol. The van der Waals surface area contributed by atoms with Crippen molar-refractivity contribution in [2.75, 3.05) is 19.7 Å². The van der Waals surface area contributed by atoms with Crippen molar-refractivity contribution in [1.82, 2.24) is 0 Å². The van der Waals surface area contributed by atoms with Crippen molar-refractivity contribution in [1.29, 1.82) is 0 Å². The summed E-state index contributed by atoms with van der Waals surface area (Å²) in [5.41, 5.74) is 2.33. The zero-order valence-corrected chi connectivity index (χ0v) is 10.5. The third kappa shape index (κ3) is 1.79. The van der Waals surface area contributed by atoms with Crippen molar-refractivity contribution in [3.8, 4) is 0 Å². The fourth-order valence-corrected chi connectivity index (χ4v) is 3.62. The van der Waals surface area contributed by atoms with Crippen LogP contribution in [0.25, 0.3) is 0 Å². The van der Waals surface area contributed by atoms with Crippen LogP contribution in [0.1, 0.15) is 12.0 Å². The SMILES string of the molecule is OCC1=CC[N@+]2(Cc3ccccc3)CC[C@H](O)[C@H]12. The lowest BCUT2D eigenvalue weighted by Crippen LogP contribution is -2.51. The molecule has 2 aliphatic heterocycles. The third-order valence-corrected chi connectivity index (χ3v) is 4.44. The van der Waals surface area contributed by atoms with Crippen LogP contribution in [0.15, 0.2) is 42.0 Å². The highest BCUT2D eigenvalue weighted by atomic mass is 16.3. The van der Waals surface area contributed by atoms with Gasteiger partial charge in [-0.2, -0.15) is 0 Å². The van der Waals surface area contributed by atoms with Crippen molar-refractivity contribution in [2.24, 2.45) is 0 Å². The quantitative estimate of drug-likeness (QED) is 0.618. The molecule has 2 N–H and O–H groups in total. The number of fused-ring (bicyclic) bond motifs is 1. The second kappa shape index (κ2) is 4.50. The molecule has 1 saturated heterocycles. The zero-order chi connectivity index (χ0) is 12.6. The predicted octanol–water partition coefficient (Wildman–Crippen LogP) is 1.07. The van der Waals surface area contributed by atoms with Gasteiger partial charge in [-0.05, 0) is 6.08 Å². The summed E-state index contributed by atoms with van der Waals surface area (Å²) in [7, 11) is 0. The Hall–Kier alpha value is -1.16. The lowest BCUT2D eigenvalue weighted by atomic mass is 10.0. The molecule has 1 fully saturated rings. The van der Waals surface area contributed by atoms with E-state index >= 15 is 0 Å². The van der Waals surface area contributed by atoms with Crippen LogP contribution in [0.3, 0.4) is 0 Å². The molecule has 2 heterocycles. The van der Waals surface area contributed by atoms with E-state index in [1.54, 1.807) is 0 Å². The van der Waals surface area contributed by atoms with Crippen LogP contribution in [-0.2, 0) is 6.54 Å². The molecule has 96 valence electrons. The lowest BCUT2D eigenvalue weighted by molar-refractivity contribution is -0.938. The topological polar surface area (TPSA) is 40.5 Å². The van der Waals surface area contributed by atoms with Gasteiger partial charge >= 0.3 is 0 Å². The lowest BCUT2D eigenvalue weighted by Gasteiger charge is -2.36. The van der Waals surface area contributed by atoms with E-state index in [4.69, 9.17) is 0 Å². The zero-order valence-electron chi connectivity index (χ0n) is 10.5. The van der Waals surface area contributed by atoms with Crippen LogP contribution in [0, 0.1) is 0 Å². The standard InChI is InChI=1S/C15H20NO2/c17-11-13-6-8-16(9-7-14(18)15(13)16)10-12-4-2-1-3-5-12/h1-6,14-15,17-18H,7-11H2/q+1/t14-,15-,16+/m0/s1. The molecule has 18 heavy (non-hydrogen) atoms. The Morgan fingerprint density at radius 3 is 2.72 bits per heavy atom. The number of hydrogen-bond acceptors (Lipinski definition) is 2. The van der Waals surface area contributed by atoms with Crippen LogP contribution in [-0.4, -0.2) is 46.5 Å². The molecule has 0 radical (unpaired) electrons. The summed E-state index contributed by atoms with van der Waals surface area (Å²) in [5.74, 6) is 0. The minimum Gasteiger partial charge on any atom is -0.392 e. The third-order valence-electron chi connectivity index (χ3n) is 4.44. The van der Waals surface area contributed by atoms with E-state index < -0.39 is 0 Å². The second-order valence-electron chi connectivity index (χ2n) is 5.51. The Bertz CT molecular complexity index is 457. The molecule has 0 bridgehead atoms. The van der Waals surface area contributed by atoms with Gasteiger partial charge in [0.1, 0.15) is 18.7 Å². The number of hydrogen-bond donors (Lipinski definition) is 2. The molecule has 3 heteroatoms. The molecule has 0 aliphatic carbocycles. The minimum atomic E-state index is -0.297. The molecule has 0 unspecified atom stereocenters. The van der Waals surface area contributed by atoms with Gasteiger partial charge in [-0.1, -0.05) is 30.3 Å². The first-order valence-corrected chi connectivity index (χ1v) is 6.63. The van der Waals surface area contributed by atoms with Crippen LogP contribution in [0.5, 0.6) is 0 Å². The van der Waals surface area contributed by atoms with Crippen molar-refractivity contribution >= 4 is 0 Å². The maximum absolute atomic E-state index is 10.2. The Kier molecular flexibility index (Phi) is 2.98. The van der Waals surface area contributed by atoms with Crippen molar-refractivity contribution in [3.05, 3.63) is 47.5 Å². The number of benzene rings is 1.